The highest BCUT2D eigenvalue weighted by Crippen LogP contribution is 2.29. The highest BCUT2D eigenvalue weighted by Gasteiger charge is 2.27. The average molecular weight is 449 g/mol. The predicted octanol–water partition coefficient (Wildman–Crippen LogP) is 3.73. The van der Waals surface area contributed by atoms with Gasteiger partial charge >= 0.3 is 0 Å². The lowest BCUT2D eigenvalue weighted by molar-refractivity contribution is -0.131. The van der Waals surface area contributed by atoms with Gasteiger partial charge in [-0.15, -0.1) is 0 Å². The number of sulfone groups is 1. The summed E-state index contributed by atoms with van der Waals surface area (Å²) in [6, 6.07) is 6.73. The second-order valence-corrected chi connectivity index (χ2v) is 10.4. The Kier molecular flexibility index (Phi) is 5.63. The van der Waals surface area contributed by atoms with Crippen LogP contribution in [0.4, 0.5) is 0 Å². The molecule has 1 aliphatic heterocycles. The fourth-order valence-electron chi connectivity index (χ4n) is 4.17. The molecule has 2 N–H and O–H groups in total. The number of nitrogens with one attached hydrogen (secondary N) is 2. The van der Waals surface area contributed by atoms with Crippen molar-refractivity contribution in [2.45, 2.75) is 44.1 Å². The Balaban J connectivity index is 1.35. The van der Waals surface area contributed by atoms with E-state index in [1.54, 1.807) is 29.2 Å². The lowest BCUT2D eigenvalue weighted by atomic mass is 9.92. The average Bonchev–Trinajstić information content (AvgIpc) is 3.29. The molecule has 0 aliphatic carbocycles. The maximum absolute atomic E-state index is 12.7. The van der Waals surface area contributed by atoms with Crippen molar-refractivity contribution in [1.82, 2.24) is 19.9 Å². The number of halogens is 1. The van der Waals surface area contributed by atoms with Crippen LogP contribution in [0.1, 0.15) is 42.4 Å². The van der Waals surface area contributed by atoms with Crippen LogP contribution in [0.15, 0.2) is 29.3 Å². The summed E-state index contributed by atoms with van der Waals surface area (Å²) in [6.45, 7) is 5.20. The molecule has 1 aromatic carbocycles. The lowest BCUT2D eigenvalue weighted by Crippen LogP contribution is -2.38. The monoisotopic (exact) mass is 448 g/mol. The van der Waals surface area contributed by atoms with Crippen LogP contribution >= 0.6 is 11.6 Å². The number of likely N-dealkylation sites (tertiary alicyclic amines) is 1. The van der Waals surface area contributed by atoms with Gasteiger partial charge in [0, 0.05) is 47.0 Å². The number of benzene rings is 1. The van der Waals surface area contributed by atoms with E-state index < -0.39 is 9.84 Å². The quantitative estimate of drug-likeness (QED) is 0.621. The van der Waals surface area contributed by atoms with E-state index in [-0.39, 0.29) is 23.1 Å². The summed E-state index contributed by atoms with van der Waals surface area (Å²) in [6.07, 6.45) is 1.68. The first-order chi connectivity index (χ1) is 14.2. The number of aromatic amines is 2. The number of imidazole rings is 1. The zero-order valence-electron chi connectivity index (χ0n) is 17.0. The number of carbonyl (C=O) groups is 1. The molecule has 0 saturated carbocycles. The van der Waals surface area contributed by atoms with Gasteiger partial charge in [-0.25, -0.2) is 13.4 Å². The molecule has 1 fully saturated rings. The summed E-state index contributed by atoms with van der Waals surface area (Å²) < 4.78 is 25.4. The normalized spacial score (nSPS) is 15.8. The first-order valence-electron chi connectivity index (χ1n) is 10.0. The van der Waals surface area contributed by atoms with Crippen LogP contribution in [0.5, 0.6) is 0 Å². The fourth-order valence-corrected chi connectivity index (χ4v) is 5.59. The number of fused-ring (bicyclic) bond motifs is 1. The van der Waals surface area contributed by atoms with Crippen molar-refractivity contribution in [3.05, 3.63) is 46.5 Å². The molecule has 30 heavy (non-hydrogen) atoms. The summed E-state index contributed by atoms with van der Waals surface area (Å²) >= 11 is 5.97. The molecule has 0 radical (unpaired) electrons. The van der Waals surface area contributed by atoms with Gasteiger partial charge in [0.1, 0.15) is 10.9 Å². The van der Waals surface area contributed by atoms with Crippen LogP contribution in [0.25, 0.3) is 10.9 Å². The third kappa shape index (κ3) is 4.25. The second kappa shape index (κ2) is 8.07. The number of hydrogen-bond donors (Lipinski definition) is 2. The molecule has 0 spiro atoms. The third-order valence-electron chi connectivity index (χ3n) is 5.77. The van der Waals surface area contributed by atoms with E-state index in [1.807, 2.05) is 13.8 Å². The van der Waals surface area contributed by atoms with Gasteiger partial charge < -0.3 is 14.9 Å². The number of hydrogen-bond acceptors (Lipinski definition) is 4. The number of nitrogens with zero attached hydrogens (tertiary/aromatic N) is 2. The van der Waals surface area contributed by atoms with E-state index in [0.29, 0.717) is 29.5 Å². The molecule has 160 valence electrons. The summed E-state index contributed by atoms with van der Waals surface area (Å²) in [5, 5.41) is 1.40. The highest BCUT2D eigenvalue weighted by molar-refractivity contribution is 7.91. The largest absolute Gasteiger partial charge is 0.346 e. The van der Waals surface area contributed by atoms with Crippen molar-refractivity contribution in [3.63, 3.8) is 0 Å². The second-order valence-electron chi connectivity index (χ2n) is 7.91. The Morgan fingerprint density at radius 2 is 1.93 bits per heavy atom. The highest BCUT2D eigenvalue weighted by atomic mass is 35.5. The van der Waals surface area contributed by atoms with E-state index >= 15 is 0 Å². The van der Waals surface area contributed by atoms with Crippen LogP contribution in [0, 0.1) is 13.8 Å². The van der Waals surface area contributed by atoms with Gasteiger partial charge in [-0.05, 0) is 51.0 Å². The molecule has 3 aromatic rings. The SMILES string of the molecule is Cc1nc(C)c(C2CCN(C(=O)CCS(=O)(=O)c3cc4cc(Cl)ccc4[nH]3)CC2)[nH]1. The van der Waals surface area contributed by atoms with E-state index in [4.69, 9.17) is 11.6 Å². The minimum Gasteiger partial charge on any atom is -0.346 e. The Morgan fingerprint density at radius 1 is 1.20 bits per heavy atom. The van der Waals surface area contributed by atoms with Gasteiger partial charge in [-0.2, -0.15) is 0 Å². The molecular weight excluding hydrogens is 424 g/mol. The van der Waals surface area contributed by atoms with E-state index in [2.05, 4.69) is 15.0 Å². The molecule has 0 unspecified atom stereocenters. The van der Waals surface area contributed by atoms with E-state index in [9.17, 15) is 13.2 Å². The molecule has 0 atom stereocenters. The fraction of sp³-hybridized carbons (Fsp3) is 0.429. The Bertz CT molecular complexity index is 1190. The van der Waals surface area contributed by atoms with Crippen molar-refractivity contribution in [3.8, 4) is 0 Å². The van der Waals surface area contributed by atoms with Gasteiger partial charge in [0.05, 0.1) is 11.4 Å². The summed E-state index contributed by atoms with van der Waals surface area (Å²) in [7, 11) is -3.58. The van der Waals surface area contributed by atoms with Gasteiger partial charge in [-0.1, -0.05) is 11.6 Å². The molecule has 9 heteroatoms. The van der Waals surface area contributed by atoms with Crippen LogP contribution in [0.3, 0.4) is 0 Å². The van der Waals surface area contributed by atoms with E-state index in [1.165, 1.54) is 0 Å². The lowest BCUT2D eigenvalue weighted by Gasteiger charge is -2.32. The summed E-state index contributed by atoms with van der Waals surface area (Å²) in [5.41, 5.74) is 2.87. The van der Waals surface area contributed by atoms with Gasteiger partial charge in [-0.3, -0.25) is 4.79 Å². The molecule has 0 bridgehead atoms. The van der Waals surface area contributed by atoms with Gasteiger partial charge in [0.25, 0.3) is 0 Å². The topological polar surface area (TPSA) is 98.9 Å². The maximum Gasteiger partial charge on any atom is 0.223 e. The molecule has 7 nitrogen and oxygen atoms in total. The Morgan fingerprint density at radius 3 is 2.60 bits per heavy atom. The van der Waals surface area contributed by atoms with Crippen LogP contribution in [0.2, 0.25) is 5.02 Å². The number of rotatable bonds is 5. The van der Waals surface area contributed by atoms with Crippen LogP contribution in [-0.2, 0) is 14.6 Å². The van der Waals surface area contributed by atoms with Crippen LogP contribution in [-0.4, -0.2) is 53.0 Å². The zero-order chi connectivity index (χ0) is 21.5. The number of aromatic nitrogens is 3. The molecular formula is C21H25ClN4O3S. The first-order valence-corrected chi connectivity index (χ1v) is 12.1. The van der Waals surface area contributed by atoms with Crippen molar-refractivity contribution in [2.75, 3.05) is 18.8 Å². The Labute approximate surface area is 180 Å². The van der Waals surface area contributed by atoms with Crippen LogP contribution < -0.4 is 0 Å². The molecule has 1 amide bonds. The maximum atomic E-state index is 12.7. The zero-order valence-corrected chi connectivity index (χ0v) is 18.6. The number of piperidine rings is 1. The van der Waals surface area contributed by atoms with Gasteiger partial charge in [0.2, 0.25) is 5.91 Å². The number of aryl methyl sites for hydroxylation is 2. The summed E-state index contributed by atoms with van der Waals surface area (Å²) in [5.74, 6) is 0.932. The first kappa shape index (κ1) is 20.9. The van der Waals surface area contributed by atoms with Crippen molar-refractivity contribution in [2.24, 2.45) is 0 Å². The number of H-pyrrole nitrogens is 2. The summed E-state index contributed by atoms with van der Waals surface area (Å²) in [4.78, 5) is 25.1. The van der Waals surface area contributed by atoms with Crippen molar-refractivity contribution >= 4 is 38.2 Å². The molecule has 1 aliphatic rings. The van der Waals surface area contributed by atoms with Gasteiger partial charge in [0.15, 0.2) is 9.84 Å². The van der Waals surface area contributed by atoms with E-state index in [0.717, 1.165) is 35.4 Å². The smallest absolute Gasteiger partial charge is 0.223 e. The Hall–Kier alpha value is -2.32. The third-order valence-corrected chi connectivity index (χ3v) is 7.64. The van der Waals surface area contributed by atoms with Crippen molar-refractivity contribution in [1.29, 1.82) is 0 Å². The van der Waals surface area contributed by atoms with Crippen molar-refractivity contribution < 1.29 is 13.2 Å². The molecule has 2 aromatic heterocycles. The minimum absolute atomic E-state index is 0.0225. The minimum atomic E-state index is -3.58. The molecule has 1 saturated heterocycles. The molecule has 3 heterocycles. The number of amides is 1. The predicted molar refractivity (Wildman–Crippen MR) is 117 cm³/mol. The standard InChI is InChI=1S/C21H25ClN4O3S/c1-13-21(24-14(2)23-13)15-5-8-26(9-6-15)20(27)7-10-30(28,29)19-12-16-11-17(22)3-4-18(16)25-19/h3-4,11-12,15,25H,5-10H2,1-2H3,(H,23,24). The molecule has 4 rings (SSSR count). The number of carbonyl (C=O) groups excluding carboxylic acids is 1.